The van der Waals surface area contributed by atoms with Crippen molar-refractivity contribution in [3.63, 3.8) is 0 Å². The molecule has 182 valence electrons. The number of fused-ring (bicyclic) bond motifs is 4. The predicted octanol–water partition coefficient (Wildman–Crippen LogP) is 5.24. The fourth-order valence-corrected chi connectivity index (χ4v) is 6.45. The van der Waals surface area contributed by atoms with Gasteiger partial charge in [-0.1, -0.05) is 25.1 Å². The van der Waals surface area contributed by atoms with Gasteiger partial charge < -0.3 is 14.8 Å². The van der Waals surface area contributed by atoms with E-state index in [9.17, 15) is 9.90 Å². The van der Waals surface area contributed by atoms with E-state index in [1.165, 1.54) is 0 Å². The van der Waals surface area contributed by atoms with Crippen LogP contribution in [-0.2, 0) is 16.6 Å². The van der Waals surface area contributed by atoms with Crippen LogP contribution in [-0.4, -0.2) is 37.9 Å². The van der Waals surface area contributed by atoms with Crippen molar-refractivity contribution in [1.82, 2.24) is 19.9 Å². The Kier molecular flexibility index (Phi) is 5.18. The number of rotatable bonds is 3. The number of imidazole rings is 1. The largest absolute Gasteiger partial charge is 0.515 e. The van der Waals surface area contributed by atoms with Crippen molar-refractivity contribution in [2.75, 3.05) is 7.11 Å². The summed E-state index contributed by atoms with van der Waals surface area (Å²) in [4.78, 5) is 30.7. The Morgan fingerprint density at radius 1 is 1.17 bits per heavy atom. The molecule has 2 aliphatic carbocycles. The number of carbonyl (C=O) groups excluding carboxylic acids is 1. The molecule has 2 aliphatic rings. The van der Waals surface area contributed by atoms with Gasteiger partial charge in [0.2, 0.25) is 0 Å². The maximum atomic E-state index is 13.2. The van der Waals surface area contributed by atoms with E-state index in [1.807, 2.05) is 32.0 Å². The van der Waals surface area contributed by atoms with Crippen LogP contribution in [0.2, 0.25) is 0 Å². The average molecular weight is 481 g/mol. The molecule has 0 bridgehead atoms. The third-order valence-electron chi connectivity index (χ3n) is 8.14. The third-order valence-corrected chi connectivity index (χ3v) is 8.14. The highest BCUT2D eigenvalue weighted by Crippen LogP contribution is 2.56. The number of H-pyrrole nitrogens is 1. The summed E-state index contributed by atoms with van der Waals surface area (Å²) in [5.41, 5.74) is 6.77. The van der Waals surface area contributed by atoms with Gasteiger partial charge in [-0.05, 0) is 61.9 Å². The molecule has 0 amide bonds. The quantitative estimate of drug-likeness (QED) is 0.307. The zero-order chi connectivity index (χ0) is 25.0. The second kappa shape index (κ2) is 8.29. The number of methoxy groups -OCH3 is 1. The standard InChI is InChI=1S/C29H28N4O3/c1-16-23-10-9-22-26(18-4-11-24-25(12-18)31-15-30-24)32-17(2)33-28(22)29(23,13-19(14-34)27(16)35)20-5-7-21(36-3)8-6-20/h4-8,11-12,14-16,23,34H,9-10,13H2,1-3H3,(H,30,31)/b19-14-/t16-,23-,29+/m0/s1. The molecule has 0 saturated heterocycles. The van der Waals surface area contributed by atoms with Crippen LogP contribution in [0.1, 0.15) is 42.4 Å². The molecule has 1 fully saturated rings. The number of allylic oxidation sites excluding steroid dienone is 1. The number of Topliss-reactive ketones (excluding diaryl/α,β-unsaturated/α-hetero) is 1. The van der Waals surface area contributed by atoms with Gasteiger partial charge in [0.1, 0.15) is 11.6 Å². The first-order valence-corrected chi connectivity index (χ1v) is 12.3. The number of aromatic nitrogens is 4. The summed E-state index contributed by atoms with van der Waals surface area (Å²) in [5, 5.41) is 10.1. The second-order valence-corrected chi connectivity index (χ2v) is 9.91. The molecule has 2 heterocycles. The van der Waals surface area contributed by atoms with E-state index in [-0.39, 0.29) is 17.6 Å². The number of hydrogen-bond acceptors (Lipinski definition) is 6. The van der Waals surface area contributed by atoms with E-state index in [1.54, 1.807) is 13.4 Å². The monoisotopic (exact) mass is 480 g/mol. The van der Waals surface area contributed by atoms with Gasteiger partial charge in [-0.3, -0.25) is 4.79 Å². The van der Waals surface area contributed by atoms with Crippen molar-refractivity contribution in [3.05, 3.63) is 83.3 Å². The number of nitrogens with one attached hydrogen (secondary N) is 1. The van der Waals surface area contributed by atoms with Crippen LogP contribution in [0, 0.1) is 18.8 Å². The van der Waals surface area contributed by atoms with Crippen LogP contribution in [0.15, 0.2) is 60.6 Å². The minimum atomic E-state index is -0.569. The molecule has 0 aliphatic heterocycles. The van der Waals surface area contributed by atoms with Gasteiger partial charge in [0, 0.05) is 28.0 Å². The summed E-state index contributed by atoms with van der Waals surface area (Å²) in [6.45, 7) is 3.90. The first kappa shape index (κ1) is 22.5. The van der Waals surface area contributed by atoms with E-state index in [0.717, 1.165) is 64.0 Å². The molecule has 2 aromatic heterocycles. The molecule has 7 heteroatoms. The summed E-state index contributed by atoms with van der Waals surface area (Å²) in [6, 6.07) is 14.2. The average Bonchev–Trinajstić information content (AvgIpc) is 3.38. The van der Waals surface area contributed by atoms with Crippen LogP contribution in [0.25, 0.3) is 22.3 Å². The molecule has 3 atom stereocenters. The molecule has 2 aromatic carbocycles. The van der Waals surface area contributed by atoms with E-state index in [2.05, 4.69) is 34.2 Å². The smallest absolute Gasteiger partial charge is 0.165 e. The SMILES string of the molecule is COc1ccc([C@]23C/C(=C/O)C(=O)[C@@H](C)[C@@H]2CCc2c(-c4ccc5[nH]cnc5c4)nc(C)nc23)cc1. The first-order chi connectivity index (χ1) is 17.5. The Labute approximate surface area is 209 Å². The number of nitrogens with zero attached hydrogens (tertiary/aromatic N) is 3. The number of aryl methyl sites for hydroxylation is 1. The Bertz CT molecular complexity index is 1520. The molecule has 7 nitrogen and oxygen atoms in total. The Hall–Kier alpha value is -4.00. The molecule has 0 unspecified atom stereocenters. The lowest BCUT2D eigenvalue weighted by Crippen LogP contribution is -2.51. The number of ether oxygens (including phenoxy) is 1. The molecule has 36 heavy (non-hydrogen) atoms. The molecule has 6 rings (SSSR count). The van der Waals surface area contributed by atoms with Crippen molar-refractivity contribution in [2.24, 2.45) is 11.8 Å². The minimum Gasteiger partial charge on any atom is -0.515 e. The maximum Gasteiger partial charge on any atom is 0.165 e. The number of ketones is 1. The van der Waals surface area contributed by atoms with Gasteiger partial charge in [0.25, 0.3) is 0 Å². The topological polar surface area (TPSA) is 101 Å². The number of aliphatic hydroxyl groups excluding tert-OH is 1. The normalized spacial score (nSPS) is 24.5. The fourth-order valence-electron chi connectivity index (χ4n) is 6.45. The first-order valence-electron chi connectivity index (χ1n) is 12.3. The van der Waals surface area contributed by atoms with Gasteiger partial charge in [-0.25, -0.2) is 15.0 Å². The predicted molar refractivity (Wildman–Crippen MR) is 137 cm³/mol. The highest BCUT2D eigenvalue weighted by Gasteiger charge is 2.55. The molecule has 0 radical (unpaired) electrons. The molecule has 0 spiro atoms. The Morgan fingerprint density at radius 2 is 1.97 bits per heavy atom. The van der Waals surface area contributed by atoms with Crippen LogP contribution in [0.4, 0.5) is 0 Å². The molecular formula is C29H28N4O3. The van der Waals surface area contributed by atoms with Crippen molar-refractivity contribution in [2.45, 2.75) is 38.5 Å². The van der Waals surface area contributed by atoms with Crippen LogP contribution < -0.4 is 4.74 Å². The number of aromatic amines is 1. The number of benzene rings is 2. The van der Waals surface area contributed by atoms with Gasteiger partial charge >= 0.3 is 0 Å². The lowest BCUT2D eigenvalue weighted by Gasteiger charge is -2.51. The molecule has 4 aromatic rings. The summed E-state index contributed by atoms with van der Waals surface area (Å²) < 4.78 is 5.43. The Morgan fingerprint density at radius 3 is 2.72 bits per heavy atom. The lowest BCUT2D eigenvalue weighted by atomic mass is 9.52. The van der Waals surface area contributed by atoms with E-state index < -0.39 is 5.41 Å². The lowest BCUT2D eigenvalue weighted by molar-refractivity contribution is -0.123. The Balaban J connectivity index is 1.63. The summed E-state index contributed by atoms with van der Waals surface area (Å²) in [5.74, 6) is 1.27. The number of hydrogen-bond donors (Lipinski definition) is 2. The highest BCUT2D eigenvalue weighted by atomic mass is 16.5. The molecule has 2 N–H and O–H groups in total. The van der Waals surface area contributed by atoms with E-state index in [0.29, 0.717) is 17.8 Å². The van der Waals surface area contributed by atoms with Crippen LogP contribution in [0.3, 0.4) is 0 Å². The van der Waals surface area contributed by atoms with Crippen molar-refractivity contribution in [1.29, 1.82) is 0 Å². The highest BCUT2D eigenvalue weighted by molar-refractivity contribution is 5.98. The zero-order valence-electron chi connectivity index (χ0n) is 20.6. The minimum absolute atomic E-state index is 0.0186. The van der Waals surface area contributed by atoms with Gasteiger partial charge in [0.15, 0.2) is 5.78 Å². The van der Waals surface area contributed by atoms with Crippen LogP contribution in [0.5, 0.6) is 5.75 Å². The molecular weight excluding hydrogens is 452 g/mol. The van der Waals surface area contributed by atoms with E-state index in [4.69, 9.17) is 14.7 Å². The summed E-state index contributed by atoms with van der Waals surface area (Å²) in [7, 11) is 1.65. The number of carbonyl (C=O) groups is 1. The zero-order valence-corrected chi connectivity index (χ0v) is 20.6. The van der Waals surface area contributed by atoms with Crippen molar-refractivity contribution >= 4 is 16.8 Å². The van der Waals surface area contributed by atoms with Crippen molar-refractivity contribution in [3.8, 4) is 17.0 Å². The van der Waals surface area contributed by atoms with Gasteiger partial charge in [0.05, 0.1) is 42.1 Å². The van der Waals surface area contributed by atoms with Crippen LogP contribution >= 0.6 is 0 Å². The van der Waals surface area contributed by atoms with Gasteiger partial charge in [-0.2, -0.15) is 0 Å². The molecule has 1 saturated carbocycles. The summed E-state index contributed by atoms with van der Waals surface area (Å²) >= 11 is 0. The maximum absolute atomic E-state index is 13.2. The van der Waals surface area contributed by atoms with E-state index >= 15 is 0 Å². The third kappa shape index (κ3) is 3.19. The fraction of sp³-hybridized carbons (Fsp3) is 0.310. The number of aliphatic hydroxyl groups is 1. The second-order valence-electron chi connectivity index (χ2n) is 9.91. The van der Waals surface area contributed by atoms with Gasteiger partial charge in [-0.15, -0.1) is 0 Å². The van der Waals surface area contributed by atoms with Crippen molar-refractivity contribution < 1.29 is 14.6 Å². The summed E-state index contributed by atoms with van der Waals surface area (Å²) in [6.07, 6.45) is 4.69.